The monoisotopic (exact) mass is 444 g/mol. The van der Waals surface area contributed by atoms with Crippen LogP contribution < -0.4 is 10.2 Å². The van der Waals surface area contributed by atoms with E-state index in [-0.39, 0.29) is 0 Å². The zero-order valence-electron chi connectivity index (χ0n) is 18.9. The lowest BCUT2D eigenvalue weighted by atomic mass is 9.99. The van der Waals surface area contributed by atoms with Crippen molar-refractivity contribution in [2.75, 3.05) is 31.1 Å². The Morgan fingerprint density at radius 3 is 2.30 bits per heavy atom. The summed E-state index contributed by atoms with van der Waals surface area (Å²) < 4.78 is 0. The number of anilines is 1. The molecule has 3 aromatic carbocycles. The molecule has 3 N–H and O–H groups in total. The minimum absolute atomic E-state index is 0.376. The van der Waals surface area contributed by atoms with E-state index in [4.69, 9.17) is 0 Å². The minimum Gasteiger partial charge on any atom is -0.478 e. The number of carboxylic acid groups (broad SMARTS) is 1. The number of benzene rings is 3. The van der Waals surface area contributed by atoms with Crippen molar-refractivity contribution < 1.29 is 15.0 Å². The molecule has 0 saturated carbocycles. The Kier molecular flexibility index (Phi) is 7.76. The number of carboxylic acids is 1. The second kappa shape index (κ2) is 11.1. The molecular formula is C28H32N2O3. The van der Waals surface area contributed by atoms with Crippen molar-refractivity contribution in [2.45, 2.75) is 31.8 Å². The van der Waals surface area contributed by atoms with Gasteiger partial charge >= 0.3 is 5.97 Å². The number of nitrogens with one attached hydrogen (secondary N) is 1. The van der Waals surface area contributed by atoms with Gasteiger partial charge in [-0.05, 0) is 66.6 Å². The number of aliphatic hydroxyl groups excluding tert-OH is 1. The van der Waals surface area contributed by atoms with Crippen molar-refractivity contribution in [1.82, 2.24) is 5.32 Å². The van der Waals surface area contributed by atoms with E-state index < -0.39 is 12.1 Å². The summed E-state index contributed by atoms with van der Waals surface area (Å²) in [4.78, 5) is 14.0. The number of piperidine rings is 1. The zero-order valence-corrected chi connectivity index (χ0v) is 18.9. The third-order valence-corrected chi connectivity index (χ3v) is 6.32. The summed E-state index contributed by atoms with van der Waals surface area (Å²) in [6.07, 6.45) is 3.79. The highest BCUT2D eigenvalue weighted by Crippen LogP contribution is 2.30. The molecule has 4 rings (SSSR count). The van der Waals surface area contributed by atoms with Gasteiger partial charge in [-0.2, -0.15) is 0 Å². The number of aliphatic hydroxyl groups is 1. The molecule has 1 aliphatic heterocycles. The van der Waals surface area contributed by atoms with Crippen LogP contribution >= 0.6 is 0 Å². The normalized spacial score (nSPS) is 14.8. The van der Waals surface area contributed by atoms with Crippen LogP contribution in [0.1, 0.15) is 46.9 Å². The first-order valence-corrected chi connectivity index (χ1v) is 11.8. The molecule has 5 nitrogen and oxygen atoms in total. The largest absolute Gasteiger partial charge is 0.478 e. The van der Waals surface area contributed by atoms with Gasteiger partial charge in [-0.15, -0.1) is 0 Å². The molecule has 1 aliphatic rings. The van der Waals surface area contributed by atoms with Gasteiger partial charge in [0, 0.05) is 19.6 Å². The van der Waals surface area contributed by atoms with Crippen molar-refractivity contribution in [2.24, 2.45) is 0 Å². The molecule has 0 bridgehead atoms. The van der Waals surface area contributed by atoms with Crippen LogP contribution in [0, 0.1) is 0 Å². The summed E-state index contributed by atoms with van der Waals surface area (Å²) in [6, 6.07) is 23.8. The summed E-state index contributed by atoms with van der Waals surface area (Å²) in [7, 11) is 0. The van der Waals surface area contributed by atoms with E-state index in [9.17, 15) is 15.0 Å². The van der Waals surface area contributed by atoms with E-state index in [1.807, 2.05) is 42.5 Å². The molecule has 0 radical (unpaired) electrons. The average molecular weight is 445 g/mol. The summed E-state index contributed by atoms with van der Waals surface area (Å²) in [5.41, 5.74) is 5.47. The highest BCUT2D eigenvalue weighted by atomic mass is 16.4. The van der Waals surface area contributed by atoms with Crippen LogP contribution in [0.4, 0.5) is 5.69 Å². The molecule has 0 aromatic heterocycles. The van der Waals surface area contributed by atoms with Gasteiger partial charge in [0.1, 0.15) is 0 Å². The lowest BCUT2D eigenvalue weighted by molar-refractivity contribution is 0.0697. The number of carbonyl (C=O) groups is 1. The molecule has 1 saturated heterocycles. The predicted octanol–water partition coefficient (Wildman–Crippen LogP) is 4.91. The van der Waals surface area contributed by atoms with Gasteiger partial charge in [-0.1, -0.05) is 60.7 Å². The van der Waals surface area contributed by atoms with Gasteiger partial charge in [0.05, 0.1) is 17.4 Å². The van der Waals surface area contributed by atoms with E-state index in [0.29, 0.717) is 12.1 Å². The fourth-order valence-corrected chi connectivity index (χ4v) is 4.42. The van der Waals surface area contributed by atoms with Crippen LogP contribution in [0.15, 0.2) is 72.8 Å². The standard InChI is InChI=1S/C28H32N2O3/c31-27(23-7-3-1-4-8-23)20-29-16-15-21-9-11-22(12-10-21)24-13-14-25(28(32)33)26(19-24)30-17-5-2-6-18-30/h1,3-4,7-14,19,27,29,31H,2,5-6,15-18,20H2,(H,32,33)/t27-/m0/s1. The quantitative estimate of drug-likeness (QED) is 0.409. The fraction of sp³-hybridized carbons (Fsp3) is 0.321. The fourth-order valence-electron chi connectivity index (χ4n) is 4.42. The highest BCUT2D eigenvalue weighted by molar-refractivity contribution is 5.95. The van der Waals surface area contributed by atoms with Crippen molar-refractivity contribution >= 4 is 11.7 Å². The number of hydrogen-bond acceptors (Lipinski definition) is 4. The maximum Gasteiger partial charge on any atom is 0.337 e. The van der Waals surface area contributed by atoms with Gasteiger partial charge in [0.2, 0.25) is 0 Å². The lowest BCUT2D eigenvalue weighted by Gasteiger charge is -2.30. The molecule has 0 unspecified atom stereocenters. The molecule has 1 atom stereocenters. The molecule has 0 spiro atoms. The Labute approximate surface area is 195 Å². The average Bonchev–Trinajstić information content (AvgIpc) is 2.87. The Morgan fingerprint density at radius 2 is 1.61 bits per heavy atom. The first-order chi connectivity index (χ1) is 16.1. The summed E-state index contributed by atoms with van der Waals surface area (Å²) in [5.74, 6) is -0.873. The number of aromatic carboxylic acids is 1. The van der Waals surface area contributed by atoms with E-state index in [2.05, 4.69) is 34.5 Å². The third kappa shape index (κ3) is 6.01. The molecule has 1 fully saturated rings. The van der Waals surface area contributed by atoms with Crippen molar-refractivity contribution in [3.8, 4) is 11.1 Å². The number of hydrogen-bond donors (Lipinski definition) is 3. The Hall–Kier alpha value is -3.15. The van der Waals surface area contributed by atoms with Crippen LogP contribution in [-0.2, 0) is 6.42 Å². The van der Waals surface area contributed by atoms with Crippen LogP contribution in [0.2, 0.25) is 0 Å². The smallest absolute Gasteiger partial charge is 0.337 e. The maximum atomic E-state index is 11.8. The Bertz CT molecular complexity index is 1040. The van der Waals surface area contributed by atoms with Gasteiger partial charge < -0.3 is 20.4 Å². The van der Waals surface area contributed by atoms with Crippen molar-refractivity contribution in [3.63, 3.8) is 0 Å². The molecule has 0 aliphatic carbocycles. The van der Waals surface area contributed by atoms with Gasteiger partial charge in [0.25, 0.3) is 0 Å². The summed E-state index contributed by atoms with van der Waals surface area (Å²) in [5, 5.41) is 23.2. The summed E-state index contributed by atoms with van der Waals surface area (Å²) in [6.45, 7) is 3.14. The topological polar surface area (TPSA) is 72.8 Å². The first-order valence-electron chi connectivity index (χ1n) is 11.8. The minimum atomic E-state index is -0.873. The molecule has 172 valence electrons. The maximum absolute atomic E-state index is 11.8. The lowest BCUT2D eigenvalue weighted by Crippen LogP contribution is -2.30. The van der Waals surface area contributed by atoms with Crippen molar-refractivity contribution in [1.29, 1.82) is 0 Å². The SMILES string of the molecule is O=C(O)c1ccc(-c2ccc(CCNC[C@H](O)c3ccccc3)cc2)cc1N1CCCCC1. The van der Waals surface area contributed by atoms with Crippen LogP contribution in [0.25, 0.3) is 11.1 Å². The molecule has 1 heterocycles. The molecule has 3 aromatic rings. The van der Waals surface area contributed by atoms with Crippen LogP contribution in [0.5, 0.6) is 0 Å². The number of rotatable bonds is 9. The van der Waals surface area contributed by atoms with E-state index in [1.165, 1.54) is 12.0 Å². The Morgan fingerprint density at radius 1 is 0.909 bits per heavy atom. The Balaban J connectivity index is 1.37. The van der Waals surface area contributed by atoms with E-state index >= 15 is 0 Å². The molecule has 0 amide bonds. The van der Waals surface area contributed by atoms with Gasteiger partial charge in [-0.3, -0.25) is 0 Å². The van der Waals surface area contributed by atoms with Gasteiger partial charge in [-0.25, -0.2) is 4.79 Å². The van der Waals surface area contributed by atoms with Crippen LogP contribution in [0.3, 0.4) is 0 Å². The summed E-state index contributed by atoms with van der Waals surface area (Å²) >= 11 is 0. The second-order valence-electron chi connectivity index (χ2n) is 8.66. The second-order valence-corrected chi connectivity index (χ2v) is 8.66. The van der Waals surface area contributed by atoms with Crippen LogP contribution in [-0.4, -0.2) is 42.4 Å². The predicted molar refractivity (Wildman–Crippen MR) is 133 cm³/mol. The molecule has 33 heavy (non-hydrogen) atoms. The first kappa shape index (κ1) is 23.0. The number of nitrogens with zero attached hydrogens (tertiary/aromatic N) is 1. The van der Waals surface area contributed by atoms with Gasteiger partial charge in [0.15, 0.2) is 0 Å². The van der Waals surface area contributed by atoms with Crippen molar-refractivity contribution in [3.05, 3.63) is 89.5 Å². The molecular weight excluding hydrogens is 412 g/mol. The third-order valence-electron chi connectivity index (χ3n) is 6.32. The van der Waals surface area contributed by atoms with E-state index in [1.54, 1.807) is 6.07 Å². The molecule has 5 heteroatoms. The zero-order chi connectivity index (χ0) is 23.0. The highest BCUT2D eigenvalue weighted by Gasteiger charge is 2.19. The van der Waals surface area contributed by atoms with E-state index in [0.717, 1.165) is 61.3 Å².